The summed E-state index contributed by atoms with van der Waals surface area (Å²) < 4.78 is 69.9. The Balaban J connectivity index is 0.000000319. The minimum atomic E-state index is -3.90. The fourth-order valence-electron chi connectivity index (χ4n) is 4.55. The quantitative estimate of drug-likeness (QED) is 0.139. The van der Waals surface area contributed by atoms with Crippen molar-refractivity contribution in [1.29, 1.82) is 0 Å². The van der Waals surface area contributed by atoms with Crippen molar-refractivity contribution in [1.82, 2.24) is 9.44 Å². The van der Waals surface area contributed by atoms with E-state index < -0.39 is 38.3 Å². The number of hydrazine groups is 1. The Morgan fingerprint density at radius 3 is 1.61 bits per heavy atom. The Morgan fingerprint density at radius 1 is 0.714 bits per heavy atom. The molecule has 0 aliphatic carbocycles. The summed E-state index contributed by atoms with van der Waals surface area (Å²) in [6, 6.07) is 18.4. The lowest BCUT2D eigenvalue weighted by atomic mass is 10.1. The molecule has 3 aromatic carbocycles. The standard InChI is InChI=1S/C21H26N4O8S2.C10H9NO3/c1-32-11-9-22-34(28,29)18-7-3-5-16(13-18)24-20(26)15-21(27)25(24)17-6-4-8-19(14-17)35(30,31)23-10-12-33-2;1-13-8-4-2-7(3-5-8)9-6-10(12)14-11-9/h3-8,13-14,22-23H,9-12,15H2,1-2H3;2-5H,6H2,1H3. The van der Waals surface area contributed by atoms with E-state index in [4.69, 9.17) is 14.2 Å². The van der Waals surface area contributed by atoms with Crippen LogP contribution in [0.2, 0.25) is 0 Å². The van der Waals surface area contributed by atoms with Crippen molar-refractivity contribution >= 4 is 54.9 Å². The lowest BCUT2D eigenvalue weighted by Crippen LogP contribution is -2.41. The predicted octanol–water partition coefficient (Wildman–Crippen LogP) is 1.57. The highest BCUT2D eigenvalue weighted by atomic mass is 32.2. The van der Waals surface area contributed by atoms with Crippen molar-refractivity contribution in [2.45, 2.75) is 22.6 Å². The van der Waals surface area contributed by atoms with Crippen molar-refractivity contribution in [3.8, 4) is 5.75 Å². The molecule has 5 rings (SSSR count). The van der Waals surface area contributed by atoms with Crippen molar-refractivity contribution in [3.05, 3.63) is 78.4 Å². The first kappa shape index (κ1) is 37.1. The van der Waals surface area contributed by atoms with Gasteiger partial charge in [0.05, 0.1) is 53.6 Å². The molecule has 0 unspecified atom stereocenters. The number of oxime groups is 1. The zero-order chi connectivity index (χ0) is 35.6. The number of sulfonamides is 2. The third kappa shape index (κ3) is 9.46. The molecule has 1 fully saturated rings. The zero-order valence-corrected chi connectivity index (χ0v) is 28.5. The first-order valence-electron chi connectivity index (χ1n) is 14.6. The van der Waals surface area contributed by atoms with E-state index in [1.807, 2.05) is 24.3 Å². The lowest BCUT2D eigenvalue weighted by molar-refractivity contribution is -0.140. The van der Waals surface area contributed by atoms with Gasteiger partial charge in [-0.15, -0.1) is 0 Å². The molecule has 18 heteroatoms. The molecule has 2 aliphatic heterocycles. The molecule has 2 amide bonds. The smallest absolute Gasteiger partial charge is 0.341 e. The summed E-state index contributed by atoms with van der Waals surface area (Å²) in [5, 5.41) is 5.73. The van der Waals surface area contributed by atoms with Gasteiger partial charge in [-0.05, 0) is 60.7 Å². The summed E-state index contributed by atoms with van der Waals surface area (Å²) in [5.41, 5.74) is 1.80. The largest absolute Gasteiger partial charge is 0.497 e. The van der Waals surface area contributed by atoms with Gasteiger partial charge in [0.15, 0.2) is 0 Å². The monoisotopic (exact) mass is 717 g/mol. The van der Waals surface area contributed by atoms with Gasteiger partial charge in [0.2, 0.25) is 20.0 Å². The molecule has 0 bridgehead atoms. The topological polar surface area (TPSA) is 199 Å². The van der Waals surface area contributed by atoms with Gasteiger partial charge in [-0.1, -0.05) is 17.3 Å². The molecule has 262 valence electrons. The van der Waals surface area contributed by atoms with E-state index in [9.17, 15) is 31.2 Å². The second kappa shape index (κ2) is 16.6. The minimum absolute atomic E-state index is 0.0516. The number of hydrogen-bond donors (Lipinski definition) is 2. The summed E-state index contributed by atoms with van der Waals surface area (Å²) in [6.07, 6.45) is -0.224. The maximum Gasteiger partial charge on any atom is 0.341 e. The third-order valence-corrected chi connectivity index (χ3v) is 9.83. The van der Waals surface area contributed by atoms with Crippen LogP contribution in [0.4, 0.5) is 11.4 Å². The van der Waals surface area contributed by atoms with Gasteiger partial charge >= 0.3 is 5.97 Å². The van der Waals surface area contributed by atoms with E-state index in [0.29, 0.717) is 5.71 Å². The van der Waals surface area contributed by atoms with Gasteiger partial charge in [0.25, 0.3) is 11.8 Å². The van der Waals surface area contributed by atoms with E-state index in [0.717, 1.165) is 21.3 Å². The summed E-state index contributed by atoms with van der Waals surface area (Å²) >= 11 is 0. The maximum absolute atomic E-state index is 12.7. The lowest BCUT2D eigenvalue weighted by Gasteiger charge is -2.28. The Kier molecular flexibility index (Phi) is 12.6. The molecule has 3 aromatic rings. The van der Waals surface area contributed by atoms with Crippen LogP contribution < -0.4 is 24.2 Å². The average molecular weight is 718 g/mol. The van der Waals surface area contributed by atoms with E-state index in [2.05, 4.69) is 19.4 Å². The number of nitrogens with one attached hydrogen (secondary N) is 2. The Morgan fingerprint density at radius 2 is 1.20 bits per heavy atom. The Bertz CT molecular complexity index is 1820. The molecule has 2 N–H and O–H groups in total. The van der Waals surface area contributed by atoms with E-state index in [1.165, 1.54) is 62.8 Å². The molecule has 1 saturated heterocycles. The van der Waals surface area contributed by atoms with Gasteiger partial charge in [0.1, 0.15) is 12.2 Å². The summed E-state index contributed by atoms with van der Waals surface area (Å²) in [6.45, 7) is 0.447. The van der Waals surface area contributed by atoms with Gasteiger partial charge in [-0.2, -0.15) is 0 Å². The number of anilines is 2. The second-order valence-corrected chi connectivity index (χ2v) is 13.8. The molecule has 2 heterocycles. The summed E-state index contributed by atoms with van der Waals surface area (Å²) in [5.74, 6) is -0.720. The van der Waals surface area contributed by atoms with Gasteiger partial charge in [0, 0.05) is 32.9 Å². The number of methoxy groups -OCH3 is 3. The fraction of sp³-hybridized carbons (Fsp3) is 0.290. The minimum Gasteiger partial charge on any atom is -0.497 e. The number of carbonyl (C=O) groups is 3. The van der Waals surface area contributed by atoms with Crippen LogP contribution in [0, 0.1) is 0 Å². The number of nitrogens with zero attached hydrogens (tertiary/aromatic N) is 3. The molecule has 0 saturated carbocycles. The fourth-order valence-corrected chi connectivity index (χ4v) is 6.66. The molecule has 0 radical (unpaired) electrons. The van der Waals surface area contributed by atoms with Crippen molar-refractivity contribution < 1.29 is 50.3 Å². The number of amides is 2. The van der Waals surface area contributed by atoms with Crippen molar-refractivity contribution in [2.24, 2.45) is 5.16 Å². The van der Waals surface area contributed by atoms with Crippen LogP contribution in [-0.2, 0) is 48.7 Å². The highest BCUT2D eigenvalue weighted by Gasteiger charge is 2.39. The average Bonchev–Trinajstić information content (AvgIpc) is 3.66. The van der Waals surface area contributed by atoms with E-state index in [1.54, 1.807) is 7.11 Å². The number of carbonyl (C=O) groups excluding carboxylic acids is 3. The van der Waals surface area contributed by atoms with Crippen LogP contribution in [-0.4, -0.2) is 88.0 Å². The number of hydrogen-bond acceptors (Lipinski definition) is 12. The molecular formula is C31H35N5O11S2. The van der Waals surface area contributed by atoms with E-state index >= 15 is 0 Å². The molecule has 2 aliphatic rings. The first-order valence-corrected chi connectivity index (χ1v) is 17.6. The van der Waals surface area contributed by atoms with Crippen LogP contribution >= 0.6 is 0 Å². The SMILES string of the molecule is COCCNS(=O)(=O)c1cccc(N2C(=O)CC(=O)N2c2cccc(S(=O)(=O)NCCOC)c2)c1.COc1ccc(C2=NOC(=O)C2)cc1. The molecule has 0 spiro atoms. The highest BCUT2D eigenvalue weighted by molar-refractivity contribution is 7.89. The molecular weight excluding hydrogens is 682 g/mol. The number of benzene rings is 3. The van der Waals surface area contributed by atoms with E-state index in [-0.39, 0.29) is 59.9 Å². The normalized spacial score (nSPS) is 14.8. The highest BCUT2D eigenvalue weighted by Crippen LogP contribution is 2.31. The zero-order valence-electron chi connectivity index (χ0n) is 26.8. The Hall–Kier alpha value is -4.72. The Labute approximate surface area is 283 Å². The first-order chi connectivity index (χ1) is 23.4. The number of ether oxygens (including phenoxy) is 3. The molecule has 16 nitrogen and oxygen atoms in total. The van der Waals surface area contributed by atoms with Gasteiger partial charge in [-0.3, -0.25) is 9.59 Å². The van der Waals surface area contributed by atoms with Gasteiger partial charge < -0.3 is 19.0 Å². The summed E-state index contributed by atoms with van der Waals surface area (Å²) in [4.78, 5) is 40.5. The van der Waals surface area contributed by atoms with Crippen molar-refractivity contribution in [2.75, 3.05) is 57.7 Å². The van der Waals surface area contributed by atoms with Crippen LogP contribution in [0.5, 0.6) is 5.75 Å². The maximum atomic E-state index is 12.7. The van der Waals surface area contributed by atoms with Crippen LogP contribution in [0.3, 0.4) is 0 Å². The molecule has 0 aromatic heterocycles. The molecule has 0 atom stereocenters. The van der Waals surface area contributed by atoms with Gasteiger partial charge in [-0.25, -0.2) is 41.1 Å². The second-order valence-electron chi connectivity index (χ2n) is 10.3. The van der Waals surface area contributed by atoms with Crippen LogP contribution in [0.15, 0.2) is 87.7 Å². The summed E-state index contributed by atoms with van der Waals surface area (Å²) in [7, 11) is -3.32. The third-order valence-electron chi connectivity index (χ3n) is 6.91. The predicted molar refractivity (Wildman–Crippen MR) is 177 cm³/mol. The number of rotatable bonds is 14. The van der Waals surface area contributed by atoms with Crippen LogP contribution in [0.25, 0.3) is 0 Å². The van der Waals surface area contributed by atoms with Crippen molar-refractivity contribution in [3.63, 3.8) is 0 Å². The molecule has 49 heavy (non-hydrogen) atoms. The van der Waals surface area contributed by atoms with Crippen LogP contribution in [0.1, 0.15) is 18.4 Å².